The smallest absolute Gasteiger partial charge is 0.220 e. The van der Waals surface area contributed by atoms with Crippen LogP contribution >= 0.6 is 11.6 Å². The van der Waals surface area contributed by atoms with Crippen LogP contribution in [0.3, 0.4) is 0 Å². The highest BCUT2D eigenvalue weighted by Gasteiger charge is 2.10. The molecule has 122 valence electrons. The van der Waals surface area contributed by atoms with Crippen LogP contribution in [0.5, 0.6) is 5.75 Å². The molecule has 4 nitrogen and oxygen atoms in total. The summed E-state index contributed by atoms with van der Waals surface area (Å²) in [4.78, 5) is 11.9. The molecule has 0 aliphatic carbocycles. The summed E-state index contributed by atoms with van der Waals surface area (Å²) in [6.45, 7) is 0.173. The summed E-state index contributed by atoms with van der Waals surface area (Å²) < 4.78 is 5.26. The van der Waals surface area contributed by atoms with E-state index < -0.39 is 6.10 Å². The summed E-state index contributed by atoms with van der Waals surface area (Å²) >= 11 is 5.81. The molecule has 0 bridgehead atoms. The average Bonchev–Trinajstić information content (AvgIpc) is 2.58. The Balaban J connectivity index is 1.80. The number of carbonyl (C=O) groups excluding carboxylic acids is 1. The summed E-state index contributed by atoms with van der Waals surface area (Å²) in [5.41, 5.74) is 1.71. The third kappa shape index (κ3) is 5.27. The lowest BCUT2D eigenvalue weighted by Gasteiger charge is -2.13. The molecule has 0 spiro atoms. The maximum Gasteiger partial charge on any atom is 0.220 e. The van der Waals surface area contributed by atoms with Crippen LogP contribution in [-0.2, 0) is 11.2 Å². The highest BCUT2D eigenvalue weighted by molar-refractivity contribution is 6.30. The predicted octanol–water partition coefficient (Wildman–Crippen LogP) is 3.13. The van der Waals surface area contributed by atoms with Crippen LogP contribution in [0.15, 0.2) is 48.5 Å². The van der Waals surface area contributed by atoms with Crippen LogP contribution in [0.1, 0.15) is 23.7 Å². The van der Waals surface area contributed by atoms with Crippen LogP contribution in [0, 0.1) is 0 Å². The van der Waals surface area contributed by atoms with Crippen LogP contribution in [0.25, 0.3) is 0 Å². The Hall–Kier alpha value is -2.04. The number of halogens is 1. The van der Waals surface area contributed by atoms with Gasteiger partial charge >= 0.3 is 0 Å². The van der Waals surface area contributed by atoms with E-state index in [0.717, 1.165) is 16.9 Å². The molecule has 2 N–H and O–H groups in total. The van der Waals surface area contributed by atoms with Gasteiger partial charge in [0.2, 0.25) is 5.91 Å². The van der Waals surface area contributed by atoms with Gasteiger partial charge in [0, 0.05) is 18.0 Å². The van der Waals surface area contributed by atoms with Gasteiger partial charge in [0.05, 0.1) is 13.2 Å². The fourth-order valence-corrected chi connectivity index (χ4v) is 2.39. The standard InChI is InChI=1S/C18H20ClNO3/c1-23-17-5-3-2-4-14(17)8-11-18(22)20-12-16(21)13-6-9-15(19)10-7-13/h2-7,9-10,16,21H,8,11-12H2,1H3,(H,20,22). The molecule has 0 aliphatic rings. The van der Waals surface area contributed by atoms with E-state index in [9.17, 15) is 9.90 Å². The van der Waals surface area contributed by atoms with Crippen molar-refractivity contribution < 1.29 is 14.6 Å². The summed E-state index contributed by atoms with van der Waals surface area (Å²) in [5.74, 6) is 0.672. The number of aryl methyl sites for hydroxylation is 1. The second-order valence-electron chi connectivity index (χ2n) is 5.18. The first-order valence-electron chi connectivity index (χ1n) is 7.42. The Kier molecular flexibility index (Phi) is 6.44. The van der Waals surface area contributed by atoms with Gasteiger partial charge < -0.3 is 15.2 Å². The number of ether oxygens (including phenoxy) is 1. The molecule has 5 heteroatoms. The first-order valence-corrected chi connectivity index (χ1v) is 7.80. The Morgan fingerprint density at radius 1 is 1.22 bits per heavy atom. The molecule has 0 fully saturated rings. The van der Waals surface area contributed by atoms with Crippen molar-refractivity contribution in [3.8, 4) is 5.75 Å². The number of carbonyl (C=O) groups is 1. The van der Waals surface area contributed by atoms with Gasteiger partial charge in [-0.2, -0.15) is 0 Å². The molecule has 0 heterocycles. The van der Waals surface area contributed by atoms with Gasteiger partial charge in [0.25, 0.3) is 0 Å². The van der Waals surface area contributed by atoms with Gasteiger partial charge in [0.1, 0.15) is 5.75 Å². The molecule has 2 aromatic rings. The van der Waals surface area contributed by atoms with E-state index in [1.54, 1.807) is 31.4 Å². The fraction of sp³-hybridized carbons (Fsp3) is 0.278. The highest BCUT2D eigenvalue weighted by Crippen LogP contribution is 2.19. The van der Waals surface area contributed by atoms with Crippen molar-refractivity contribution in [2.24, 2.45) is 0 Å². The van der Waals surface area contributed by atoms with Crippen LogP contribution in [0.4, 0.5) is 0 Å². The zero-order chi connectivity index (χ0) is 16.7. The number of para-hydroxylation sites is 1. The second-order valence-corrected chi connectivity index (χ2v) is 5.62. The topological polar surface area (TPSA) is 58.6 Å². The minimum Gasteiger partial charge on any atom is -0.496 e. The number of aliphatic hydroxyl groups is 1. The van der Waals surface area contributed by atoms with E-state index in [0.29, 0.717) is 17.9 Å². The molecule has 0 aliphatic heterocycles. The minimum atomic E-state index is -0.748. The highest BCUT2D eigenvalue weighted by atomic mass is 35.5. The van der Waals surface area contributed by atoms with Crippen molar-refractivity contribution in [1.82, 2.24) is 5.32 Å². The lowest BCUT2D eigenvalue weighted by atomic mass is 10.1. The van der Waals surface area contributed by atoms with Crippen LogP contribution < -0.4 is 10.1 Å². The summed E-state index contributed by atoms with van der Waals surface area (Å²) in [7, 11) is 1.61. The maximum atomic E-state index is 11.9. The van der Waals surface area contributed by atoms with E-state index in [1.165, 1.54) is 0 Å². The van der Waals surface area contributed by atoms with Gasteiger partial charge in [-0.1, -0.05) is 41.9 Å². The van der Waals surface area contributed by atoms with E-state index in [2.05, 4.69) is 5.32 Å². The van der Waals surface area contributed by atoms with Crippen molar-refractivity contribution in [3.63, 3.8) is 0 Å². The van der Waals surface area contributed by atoms with Gasteiger partial charge in [-0.25, -0.2) is 0 Å². The SMILES string of the molecule is COc1ccccc1CCC(=O)NCC(O)c1ccc(Cl)cc1. The molecular formula is C18H20ClNO3. The molecule has 0 radical (unpaired) electrons. The molecule has 23 heavy (non-hydrogen) atoms. The first kappa shape index (κ1) is 17.3. The number of hydrogen-bond acceptors (Lipinski definition) is 3. The number of nitrogens with one attached hydrogen (secondary N) is 1. The fourth-order valence-electron chi connectivity index (χ4n) is 2.26. The van der Waals surface area contributed by atoms with Gasteiger partial charge in [-0.15, -0.1) is 0 Å². The molecule has 1 unspecified atom stereocenters. The van der Waals surface area contributed by atoms with Crippen LogP contribution in [-0.4, -0.2) is 24.7 Å². The third-order valence-electron chi connectivity index (χ3n) is 3.56. The van der Waals surface area contributed by atoms with Gasteiger partial charge in [-0.3, -0.25) is 4.79 Å². The number of rotatable bonds is 7. The molecule has 1 amide bonds. The largest absolute Gasteiger partial charge is 0.496 e. The number of amides is 1. The summed E-state index contributed by atoms with van der Waals surface area (Å²) in [6, 6.07) is 14.5. The molecule has 2 rings (SSSR count). The normalized spacial score (nSPS) is 11.8. The second kappa shape index (κ2) is 8.56. The predicted molar refractivity (Wildman–Crippen MR) is 90.7 cm³/mol. The van der Waals surface area contributed by atoms with E-state index >= 15 is 0 Å². The van der Waals surface area contributed by atoms with Gasteiger partial charge in [0.15, 0.2) is 0 Å². The van der Waals surface area contributed by atoms with Crippen molar-refractivity contribution in [3.05, 3.63) is 64.7 Å². The molecule has 0 aromatic heterocycles. The molecule has 0 saturated heterocycles. The van der Waals surface area contributed by atoms with Crippen molar-refractivity contribution in [2.45, 2.75) is 18.9 Å². The Labute approximate surface area is 141 Å². The Bertz CT molecular complexity index is 643. The number of methoxy groups -OCH3 is 1. The third-order valence-corrected chi connectivity index (χ3v) is 3.81. The van der Waals surface area contributed by atoms with Crippen LogP contribution in [0.2, 0.25) is 5.02 Å². The number of hydrogen-bond donors (Lipinski definition) is 2. The van der Waals surface area contributed by atoms with E-state index in [4.69, 9.17) is 16.3 Å². The molecule has 0 saturated carbocycles. The van der Waals surface area contributed by atoms with E-state index in [-0.39, 0.29) is 12.5 Å². The number of benzene rings is 2. The Morgan fingerprint density at radius 3 is 2.61 bits per heavy atom. The molecule has 2 aromatic carbocycles. The summed E-state index contributed by atoms with van der Waals surface area (Å²) in [6.07, 6.45) is 0.183. The van der Waals surface area contributed by atoms with Gasteiger partial charge in [-0.05, 0) is 35.7 Å². The maximum absolute atomic E-state index is 11.9. The first-order chi connectivity index (χ1) is 11.1. The summed E-state index contributed by atoms with van der Waals surface area (Å²) in [5, 5.41) is 13.4. The zero-order valence-electron chi connectivity index (χ0n) is 13.0. The number of aliphatic hydroxyl groups excluding tert-OH is 1. The average molecular weight is 334 g/mol. The van der Waals surface area contributed by atoms with E-state index in [1.807, 2.05) is 24.3 Å². The Morgan fingerprint density at radius 2 is 1.91 bits per heavy atom. The van der Waals surface area contributed by atoms with Crippen molar-refractivity contribution >= 4 is 17.5 Å². The molecule has 1 atom stereocenters. The monoisotopic (exact) mass is 333 g/mol. The lowest BCUT2D eigenvalue weighted by molar-refractivity contribution is -0.121. The molecular weight excluding hydrogens is 314 g/mol. The van der Waals surface area contributed by atoms with Crippen molar-refractivity contribution in [2.75, 3.05) is 13.7 Å². The zero-order valence-corrected chi connectivity index (χ0v) is 13.7. The quantitative estimate of drug-likeness (QED) is 0.818. The minimum absolute atomic E-state index is 0.107. The van der Waals surface area contributed by atoms with Crippen molar-refractivity contribution in [1.29, 1.82) is 0 Å². The lowest BCUT2D eigenvalue weighted by Crippen LogP contribution is -2.28.